The zero-order valence-electron chi connectivity index (χ0n) is 11.4. The maximum Gasteiger partial charge on any atom is 0.148 e. The summed E-state index contributed by atoms with van der Waals surface area (Å²) >= 11 is 0. The Bertz CT molecular complexity index is 707. The molecule has 0 aliphatic rings. The van der Waals surface area contributed by atoms with Crippen molar-refractivity contribution in [1.82, 2.24) is 15.2 Å². The topological polar surface area (TPSA) is 50.7 Å². The Morgan fingerprint density at radius 2 is 2.00 bits per heavy atom. The van der Waals surface area contributed by atoms with Crippen molar-refractivity contribution in [2.75, 3.05) is 11.9 Å². The highest BCUT2D eigenvalue weighted by molar-refractivity contribution is 5.83. The zero-order chi connectivity index (χ0) is 13.8. The molecular formula is C16H16N4. The van der Waals surface area contributed by atoms with E-state index >= 15 is 0 Å². The summed E-state index contributed by atoms with van der Waals surface area (Å²) in [5.41, 5.74) is 2.92. The van der Waals surface area contributed by atoms with Crippen LogP contribution in [0, 0.1) is 0 Å². The summed E-state index contributed by atoms with van der Waals surface area (Å²) in [7, 11) is 0. The van der Waals surface area contributed by atoms with Gasteiger partial charge < -0.3 is 5.32 Å². The minimum absolute atomic E-state index is 0.818. The largest absolute Gasteiger partial charge is 0.369 e. The Hall–Kier alpha value is -2.49. The Morgan fingerprint density at radius 3 is 2.80 bits per heavy atom. The molecular weight excluding hydrogens is 248 g/mol. The lowest BCUT2D eigenvalue weighted by atomic mass is 10.1. The number of rotatable bonds is 4. The number of nitrogens with zero attached hydrogens (tertiary/aromatic N) is 3. The Morgan fingerprint density at radius 1 is 1.05 bits per heavy atom. The molecule has 0 aliphatic carbocycles. The number of hydrogen-bond acceptors (Lipinski definition) is 4. The van der Waals surface area contributed by atoms with E-state index in [4.69, 9.17) is 0 Å². The van der Waals surface area contributed by atoms with E-state index in [9.17, 15) is 0 Å². The van der Waals surface area contributed by atoms with Crippen molar-refractivity contribution in [1.29, 1.82) is 0 Å². The number of nitrogens with one attached hydrogen (secondary N) is 1. The van der Waals surface area contributed by atoms with Crippen LogP contribution in [0.5, 0.6) is 0 Å². The highest BCUT2D eigenvalue weighted by atomic mass is 15.2. The van der Waals surface area contributed by atoms with E-state index in [2.05, 4.69) is 39.6 Å². The molecule has 0 saturated heterocycles. The predicted octanol–water partition coefficient (Wildman–Crippen LogP) is 3.51. The van der Waals surface area contributed by atoms with Gasteiger partial charge in [-0.2, -0.15) is 0 Å². The number of anilines is 1. The average Bonchev–Trinajstić information content (AvgIpc) is 2.53. The van der Waals surface area contributed by atoms with Crippen LogP contribution in [0.25, 0.3) is 22.2 Å². The van der Waals surface area contributed by atoms with Crippen LogP contribution < -0.4 is 5.32 Å². The first-order chi connectivity index (χ1) is 9.86. The van der Waals surface area contributed by atoms with E-state index in [1.54, 1.807) is 6.20 Å². The standard InChI is InChI=1S/C16H16N4/c1-2-9-18-16-8-7-15(19-20-16)13-5-6-14-12(11-13)4-3-10-17-14/h3-8,10-11H,2,9H2,1H3,(H,18,20). The average molecular weight is 264 g/mol. The highest BCUT2D eigenvalue weighted by Crippen LogP contribution is 2.21. The summed E-state index contributed by atoms with van der Waals surface area (Å²) in [5, 5.41) is 12.8. The van der Waals surface area contributed by atoms with Crippen molar-refractivity contribution in [3.05, 3.63) is 48.7 Å². The maximum absolute atomic E-state index is 4.32. The van der Waals surface area contributed by atoms with Crippen LogP contribution in [0.4, 0.5) is 5.82 Å². The summed E-state index contributed by atoms with van der Waals surface area (Å²) in [5.74, 6) is 0.818. The molecule has 0 spiro atoms. The third-order valence-electron chi connectivity index (χ3n) is 3.12. The number of fused-ring (bicyclic) bond motifs is 1. The fraction of sp³-hybridized carbons (Fsp3) is 0.188. The quantitative estimate of drug-likeness (QED) is 0.783. The van der Waals surface area contributed by atoms with Crippen LogP contribution in [0.15, 0.2) is 48.7 Å². The second-order valence-corrected chi connectivity index (χ2v) is 4.64. The van der Waals surface area contributed by atoms with Crippen LogP contribution >= 0.6 is 0 Å². The summed E-state index contributed by atoms with van der Waals surface area (Å²) in [6.07, 6.45) is 2.87. The molecule has 4 heteroatoms. The molecule has 0 bridgehead atoms. The molecule has 0 atom stereocenters. The van der Waals surface area contributed by atoms with Gasteiger partial charge in [-0.25, -0.2) is 0 Å². The van der Waals surface area contributed by atoms with Gasteiger partial charge in [-0.15, -0.1) is 10.2 Å². The van der Waals surface area contributed by atoms with Crippen molar-refractivity contribution in [3.8, 4) is 11.3 Å². The van der Waals surface area contributed by atoms with Gasteiger partial charge in [0.05, 0.1) is 11.2 Å². The van der Waals surface area contributed by atoms with Gasteiger partial charge in [0.1, 0.15) is 5.82 Å². The molecule has 4 nitrogen and oxygen atoms in total. The van der Waals surface area contributed by atoms with Gasteiger partial charge in [0.15, 0.2) is 0 Å². The molecule has 0 amide bonds. The van der Waals surface area contributed by atoms with Crippen molar-refractivity contribution in [3.63, 3.8) is 0 Å². The lowest BCUT2D eigenvalue weighted by molar-refractivity contribution is 0.946. The summed E-state index contributed by atoms with van der Waals surface area (Å²) < 4.78 is 0. The summed E-state index contributed by atoms with van der Waals surface area (Å²) in [6.45, 7) is 3.04. The molecule has 2 heterocycles. The fourth-order valence-electron chi connectivity index (χ4n) is 2.07. The SMILES string of the molecule is CCCNc1ccc(-c2ccc3ncccc3c2)nn1. The van der Waals surface area contributed by atoms with Gasteiger partial charge >= 0.3 is 0 Å². The van der Waals surface area contributed by atoms with Crippen molar-refractivity contribution >= 4 is 16.7 Å². The molecule has 3 aromatic rings. The molecule has 0 aliphatic heterocycles. The van der Waals surface area contributed by atoms with Crippen LogP contribution in [0.2, 0.25) is 0 Å². The molecule has 1 aromatic carbocycles. The number of benzene rings is 1. The molecule has 0 saturated carbocycles. The number of hydrogen-bond donors (Lipinski definition) is 1. The Balaban J connectivity index is 1.90. The first kappa shape index (κ1) is 12.5. The van der Waals surface area contributed by atoms with Crippen LogP contribution in [-0.2, 0) is 0 Å². The first-order valence-corrected chi connectivity index (χ1v) is 6.79. The van der Waals surface area contributed by atoms with E-state index in [1.165, 1.54) is 0 Å². The van der Waals surface area contributed by atoms with Crippen LogP contribution in [0.1, 0.15) is 13.3 Å². The minimum atomic E-state index is 0.818. The second kappa shape index (κ2) is 5.65. The van der Waals surface area contributed by atoms with Crippen molar-refractivity contribution in [2.45, 2.75) is 13.3 Å². The number of pyridine rings is 1. The second-order valence-electron chi connectivity index (χ2n) is 4.64. The molecule has 1 N–H and O–H groups in total. The van der Waals surface area contributed by atoms with E-state index in [-0.39, 0.29) is 0 Å². The first-order valence-electron chi connectivity index (χ1n) is 6.79. The Kier molecular flexibility index (Phi) is 3.54. The molecule has 0 radical (unpaired) electrons. The summed E-state index contributed by atoms with van der Waals surface area (Å²) in [4.78, 5) is 4.32. The lowest BCUT2D eigenvalue weighted by Crippen LogP contribution is -2.02. The zero-order valence-corrected chi connectivity index (χ0v) is 11.4. The minimum Gasteiger partial charge on any atom is -0.369 e. The third-order valence-corrected chi connectivity index (χ3v) is 3.12. The van der Waals surface area contributed by atoms with Crippen molar-refractivity contribution < 1.29 is 0 Å². The summed E-state index contributed by atoms with van der Waals surface area (Å²) in [6, 6.07) is 14.1. The highest BCUT2D eigenvalue weighted by Gasteiger charge is 2.02. The molecule has 100 valence electrons. The van der Waals surface area contributed by atoms with E-state index < -0.39 is 0 Å². The van der Waals surface area contributed by atoms with Gasteiger partial charge in [-0.05, 0) is 36.8 Å². The van der Waals surface area contributed by atoms with Gasteiger partial charge in [-0.3, -0.25) is 4.98 Å². The van der Waals surface area contributed by atoms with Gasteiger partial charge in [0.2, 0.25) is 0 Å². The van der Waals surface area contributed by atoms with Gasteiger partial charge in [-0.1, -0.05) is 19.1 Å². The van der Waals surface area contributed by atoms with Crippen LogP contribution in [0.3, 0.4) is 0 Å². The van der Waals surface area contributed by atoms with E-state index in [0.717, 1.165) is 40.9 Å². The molecule has 2 aromatic heterocycles. The molecule has 20 heavy (non-hydrogen) atoms. The normalized spacial score (nSPS) is 10.7. The lowest BCUT2D eigenvalue weighted by Gasteiger charge is -2.05. The van der Waals surface area contributed by atoms with Gasteiger partial charge in [0, 0.05) is 23.7 Å². The number of aromatic nitrogens is 3. The van der Waals surface area contributed by atoms with E-state index in [1.807, 2.05) is 30.3 Å². The monoisotopic (exact) mass is 264 g/mol. The fourth-order valence-corrected chi connectivity index (χ4v) is 2.07. The van der Waals surface area contributed by atoms with Gasteiger partial charge in [0.25, 0.3) is 0 Å². The van der Waals surface area contributed by atoms with E-state index in [0.29, 0.717) is 0 Å². The Labute approximate surface area is 117 Å². The third kappa shape index (κ3) is 2.59. The molecule has 0 fully saturated rings. The molecule has 3 rings (SSSR count). The predicted molar refractivity (Wildman–Crippen MR) is 81.5 cm³/mol. The molecule has 0 unspecified atom stereocenters. The van der Waals surface area contributed by atoms with Crippen LogP contribution in [-0.4, -0.2) is 21.7 Å². The smallest absolute Gasteiger partial charge is 0.148 e. The van der Waals surface area contributed by atoms with Crippen molar-refractivity contribution in [2.24, 2.45) is 0 Å². The maximum atomic E-state index is 4.32.